The summed E-state index contributed by atoms with van der Waals surface area (Å²) in [5.74, 6) is 1.41. The minimum absolute atomic E-state index is 0.0143. The molecule has 0 aromatic carbocycles. The van der Waals surface area contributed by atoms with Crippen LogP contribution in [0, 0.1) is 12.8 Å². The summed E-state index contributed by atoms with van der Waals surface area (Å²) in [7, 11) is 0. The maximum absolute atomic E-state index is 12.5. The van der Waals surface area contributed by atoms with Crippen LogP contribution in [0.25, 0.3) is 0 Å². The fourth-order valence-electron chi connectivity index (χ4n) is 3.36. The van der Waals surface area contributed by atoms with Gasteiger partial charge in [0.05, 0.1) is 0 Å². The molecular formula is C15H23N3O2. The highest BCUT2D eigenvalue weighted by Crippen LogP contribution is 2.37. The number of carbonyl (C=O) groups excluding carboxylic acids is 1. The van der Waals surface area contributed by atoms with E-state index in [-0.39, 0.29) is 6.03 Å². The molecular weight excluding hydrogens is 254 g/mol. The summed E-state index contributed by atoms with van der Waals surface area (Å²) in [5.41, 5.74) is 1.59. The summed E-state index contributed by atoms with van der Waals surface area (Å²) < 4.78 is 5.17. The number of aryl methyl sites for hydroxylation is 2. The molecule has 1 saturated carbocycles. The second-order valence-corrected chi connectivity index (χ2v) is 5.94. The molecule has 5 heteroatoms. The van der Waals surface area contributed by atoms with Gasteiger partial charge in [0, 0.05) is 12.6 Å². The van der Waals surface area contributed by atoms with Gasteiger partial charge in [-0.05, 0) is 44.9 Å². The van der Waals surface area contributed by atoms with Gasteiger partial charge in [0.1, 0.15) is 11.4 Å². The fraction of sp³-hybridized carbons (Fsp3) is 0.733. The Bertz CT molecular complexity index is 493. The van der Waals surface area contributed by atoms with Crippen molar-refractivity contribution in [1.29, 1.82) is 0 Å². The maximum atomic E-state index is 12.5. The van der Waals surface area contributed by atoms with Gasteiger partial charge in [-0.2, -0.15) is 0 Å². The zero-order valence-electron chi connectivity index (χ0n) is 12.3. The number of aromatic nitrogens is 1. The largest absolute Gasteiger partial charge is 0.359 e. The maximum Gasteiger partial charge on any atom is 0.322 e. The standard InChI is InChI=1S/C15H23N3O2/c1-3-12-14(10(2)20-17-12)16-15(19)18-9-5-8-13(18)11-6-4-7-11/h11,13H,3-9H2,1-2H3,(H,16,19). The molecule has 1 aromatic heterocycles. The monoisotopic (exact) mass is 277 g/mol. The normalized spacial score (nSPS) is 22.9. The Balaban J connectivity index is 1.70. The highest BCUT2D eigenvalue weighted by molar-refractivity contribution is 5.90. The number of likely N-dealkylation sites (tertiary alicyclic amines) is 1. The molecule has 1 saturated heterocycles. The van der Waals surface area contributed by atoms with Gasteiger partial charge in [-0.1, -0.05) is 18.5 Å². The molecule has 2 heterocycles. The molecule has 110 valence electrons. The van der Waals surface area contributed by atoms with E-state index in [9.17, 15) is 4.79 Å². The molecule has 5 nitrogen and oxygen atoms in total. The van der Waals surface area contributed by atoms with Crippen LogP contribution in [0.15, 0.2) is 4.52 Å². The number of hydrogen-bond acceptors (Lipinski definition) is 3. The third-order valence-corrected chi connectivity index (χ3v) is 4.75. The molecule has 1 aromatic rings. The number of amides is 2. The summed E-state index contributed by atoms with van der Waals surface area (Å²) in [6, 6.07) is 0.453. The number of nitrogens with zero attached hydrogens (tertiary/aromatic N) is 2. The highest BCUT2D eigenvalue weighted by atomic mass is 16.5. The molecule has 2 fully saturated rings. The van der Waals surface area contributed by atoms with E-state index in [1.54, 1.807) is 0 Å². The Morgan fingerprint density at radius 3 is 2.85 bits per heavy atom. The van der Waals surface area contributed by atoms with Gasteiger partial charge in [0.2, 0.25) is 0 Å². The van der Waals surface area contributed by atoms with Crippen LogP contribution in [0.2, 0.25) is 0 Å². The lowest BCUT2D eigenvalue weighted by molar-refractivity contribution is 0.148. The Morgan fingerprint density at radius 2 is 2.20 bits per heavy atom. The molecule has 1 unspecified atom stereocenters. The van der Waals surface area contributed by atoms with Gasteiger partial charge in [0.15, 0.2) is 5.76 Å². The molecule has 3 rings (SSSR count). The Kier molecular flexibility index (Phi) is 3.68. The lowest BCUT2D eigenvalue weighted by Gasteiger charge is -2.36. The molecule has 0 radical (unpaired) electrons. The van der Waals surface area contributed by atoms with E-state index < -0.39 is 0 Å². The van der Waals surface area contributed by atoms with Crippen molar-refractivity contribution >= 4 is 11.7 Å². The first-order valence-corrected chi connectivity index (χ1v) is 7.73. The predicted molar refractivity (Wildman–Crippen MR) is 76.7 cm³/mol. The van der Waals surface area contributed by atoms with Gasteiger partial charge >= 0.3 is 6.03 Å². The van der Waals surface area contributed by atoms with Crippen molar-refractivity contribution in [1.82, 2.24) is 10.1 Å². The van der Waals surface area contributed by atoms with E-state index in [0.29, 0.717) is 11.8 Å². The van der Waals surface area contributed by atoms with Crippen molar-refractivity contribution < 1.29 is 9.32 Å². The minimum Gasteiger partial charge on any atom is -0.359 e. The average Bonchev–Trinajstić information content (AvgIpc) is 2.96. The topological polar surface area (TPSA) is 58.4 Å². The van der Waals surface area contributed by atoms with Gasteiger partial charge in [0.25, 0.3) is 0 Å². The van der Waals surface area contributed by atoms with Gasteiger partial charge in [-0.15, -0.1) is 0 Å². The first-order valence-electron chi connectivity index (χ1n) is 7.73. The molecule has 2 amide bonds. The van der Waals surface area contributed by atoms with E-state index in [1.807, 2.05) is 18.7 Å². The van der Waals surface area contributed by atoms with Crippen LogP contribution in [0.4, 0.5) is 10.5 Å². The van der Waals surface area contributed by atoms with Crippen LogP contribution < -0.4 is 5.32 Å². The predicted octanol–water partition coefficient (Wildman–Crippen LogP) is 3.34. The lowest BCUT2D eigenvalue weighted by atomic mass is 9.79. The van der Waals surface area contributed by atoms with Crippen molar-refractivity contribution in [3.8, 4) is 0 Å². The summed E-state index contributed by atoms with van der Waals surface area (Å²) in [6.07, 6.45) is 6.92. The third kappa shape index (κ3) is 2.30. The quantitative estimate of drug-likeness (QED) is 0.921. The van der Waals surface area contributed by atoms with Crippen LogP contribution >= 0.6 is 0 Å². The third-order valence-electron chi connectivity index (χ3n) is 4.75. The zero-order chi connectivity index (χ0) is 14.1. The van der Waals surface area contributed by atoms with Crippen molar-refractivity contribution in [2.75, 3.05) is 11.9 Å². The molecule has 0 bridgehead atoms. The Hall–Kier alpha value is -1.52. The van der Waals surface area contributed by atoms with Crippen molar-refractivity contribution in [3.05, 3.63) is 11.5 Å². The number of urea groups is 1. The average molecular weight is 277 g/mol. The van der Waals surface area contributed by atoms with Crippen molar-refractivity contribution in [2.24, 2.45) is 5.92 Å². The van der Waals surface area contributed by atoms with Gasteiger partial charge < -0.3 is 14.7 Å². The van der Waals surface area contributed by atoms with Gasteiger partial charge in [-0.25, -0.2) is 4.79 Å². The first kappa shape index (κ1) is 13.5. The smallest absolute Gasteiger partial charge is 0.322 e. The SMILES string of the molecule is CCc1noc(C)c1NC(=O)N1CCCC1C1CCC1. The van der Waals surface area contributed by atoms with Gasteiger partial charge in [-0.3, -0.25) is 0 Å². The van der Waals surface area contributed by atoms with Crippen LogP contribution in [0.3, 0.4) is 0 Å². The Labute approximate surface area is 119 Å². The number of carbonyl (C=O) groups is 1. The molecule has 1 N–H and O–H groups in total. The molecule has 2 aliphatic rings. The lowest BCUT2D eigenvalue weighted by Crippen LogP contribution is -2.44. The zero-order valence-corrected chi connectivity index (χ0v) is 12.3. The van der Waals surface area contributed by atoms with Crippen molar-refractivity contribution in [3.63, 3.8) is 0 Å². The summed E-state index contributed by atoms with van der Waals surface area (Å²) >= 11 is 0. The molecule has 1 atom stereocenters. The number of anilines is 1. The minimum atomic E-state index is 0.0143. The van der Waals surface area contributed by atoms with E-state index >= 15 is 0 Å². The molecule has 1 aliphatic heterocycles. The Morgan fingerprint density at radius 1 is 1.40 bits per heavy atom. The van der Waals surface area contributed by atoms with Crippen LogP contribution in [-0.4, -0.2) is 28.7 Å². The summed E-state index contributed by atoms with van der Waals surface area (Å²) in [6.45, 7) is 4.73. The van der Waals surface area contributed by atoms with E-state index in [2.05, 4.69) is 10.5 Å². The number of hydrogen-bond donors (Lipinski definition) is 1. The van der Waals surface area contributed by atoms with Crippen LogP contribution in [-0.2, 0) is 6.42 Å². The fourth-order valence-corrected chi connectivity index (χ4v) is 3.36. The van der Waals surface area contributed by atoms with E-state index in [4.69, 9.17) is 4.52 Å². The molecule has 1 aliphatic carbocycles. The summed E-state index contributed by atoms with van der Waals surface area (Å²) in [4.78, 5) is 14.6. The van der Waals surface area contributed by atoms with E-state index in [0.717, 1.165) is 43.1 Å². The molecule has 20 heavy (non-hydrogen) atoms. The highest BCUT2D eigenvalue weighted by Gasteiger charge is 2.37. The van der Waals surface area contributed by atoms with Crippen molar-refractivity contribution in [2.45, 2.75) is 58.4 Å². The first-order chi connectivity index (χ1) is 9.70. The summed E-state index contributed by atoms with van der Waals surface area (Å²) in [5, 5.41) is 7.00. The molecule has 0 spiro atoms. The van der Waals surface area contributed by atoms with E-state index in [1.165, 1.54) is 19.3 Å². The van der Waals surface area contributed by atoms with Crippen LogP contribution in [0.1, 0.15) is 50.5 Å². The van der Waals surface area contributed by atoms with Crippen LogP contribution in [0.5, 0.6) is 0 Å². The number of rotatable bonds is 3. The second-order valence-electron chi connectivity index (χ2n) is 5.94. The number of nitrogens with one attached hydrogen (secondary N) is 1. The second kappa shape index (κ2) is 5.46.